The summed E-state index contributed by atoms with van der Waals surface area (Å²) in [6.07, 6.45) is 4.88. The molecule has 3 heterocycles. The van der Waals surface area contributed by atoms with Gasteiger partial charge < -0.3 is 9.64 Å². The van der Waals surface area contributed by atoms with Crippen LogP contribution in [0.15, 0.2) is 6.07 Å². The van der Waals surface area contributed by atoms with Gasteiger partial charge in [0.1, 0.15) is 0 Å². The van der Waals surface area contributed by atoms with Gasteiger partial charge in [0.15, 0.2) is 0 Å². The van der Waals surface area contributed by atoms with Gasteiger partial charge >= 0.3 is 0 Å². The van der Waals surface area contributed by atoms with Crippen LogP contribution in [0.5, 0.6) is 0 Å². The van der Waals surface area contributed by atoms with E-state index in [0.29, 0.717) is 12.0 Å². The van der Waals surface area contributed by atoms with Crippen molar-refractivity contribution in [1.29, 1.82) is 0 Å². The van der Waals surface area contributed by atoms with Crippen molar-refractivity contribution in [2.45, 2.75) is 38.6 Å². The molecule has 1 amide bonds. The van der Waals surface area contributed by atoms with Crippen LogP contribution in [0.1, 0.15) is 39.9 Å². The fourth-order valence-corrected chi connectivity index (χ4v) is 5.47. The van der Waals surface area contributed by atoms with Gasteiger partial charge in [0.2, 0.25) is 0 Å². The number of hydrogen-bond acceptors (Lipinski definition) is 4. The number of carbonyl (C=O) groups excluding carboxylic acids is 1. The smallest absolute Gasteiger partial charge is 0.264 e. The van der Waals surface area contributed by atoms with Gasteiger partial charge in [-0.3, -0.25) is 9.69 Å². The predicted octanol–water partition coefficient (Wildman–Crippen LogP) is 2.42. The molecular formula is C18H26N2O2S. The zero-order valence-electron chi connectivity index (χ0n) is 13.9. The maximum atomic E-state index is 12.9. The number of fused-ring (bicyclic) bond motifs is 1. The first-order valence-corrected chi connectivity index (χ1v) is 9.76. The predicted molar refractivity (Wildman–Crippen MR) is 92.2 cm³/mol. The van der Waals surface area contributed by atoms with Crippen molar-refractivity contribution < 1.29 is 9.53 Å². The van der Waals surface area contributed by atoms with Crippen LogP contribution in [-0.4, -0.2) is 61.1 Å². The Morgan fingerprint density at radius 3 is 2.78 bits per heavy atom. The minimum absolute atomic E-state index is 0.256. The van der Waals surface area contributed by atoms with Crippen molar-refractivity contribution in [2.24, 2.45) is 5.92 Å². The second-order valence-corrected chi connectivity index (χ2v) is 8.31. The fourth-order valence-electron chi connectivity index (χ4n) is 4.25. The largest absolute Gasteiger partial charge is 0.379 e. The van der Waals surface area contributed by atoms with Crippen LogP contribution in [-0.2, 0) is 17.6 Å². The highest BCUT2D eigenvalue weighted by Gasteiger charge is 2.37. The van der Waals surface area contributed by atoms with E-state index in [9.17, 15) is 4.79 Å². The SMILES string of the molecule is CC1CN(C(=O)c2cc3c(s2)CCCC3)CC1N1CCOCC1. The Kier molecular flexibility index (Phi) is 4.43. The third kappa shape index (κ3) is 3.06. The molecule has 0 radical (unpaired) electrons. The van der Waals surface area contributed by atoms with Crippen LogP contribution in [0.25, 0.3) is 0 Å². The standard InChI is InChI=1S/C18H26N2O2S/c1-13-11-20(12-15(13)19-6-8-22-9-7-19)18(21)17-10-14-4-2-3-5-16(14)23-17/h10,13,15H,2-9,11-12H2,1H3. The molecule has 2 aliphatic heterocycles. The third-order valence-electron chi connectivity index (χ3n) is 5.58. The first-order chi connectivity index (χ1) is 11.2. The summed E-state index contributed by atoms with van der Waals surface area (Å²) in [4.78, 5) is 20.0. The van der Waals surface area contributed by atoms with Gasteiger partial charge in [-0.2, -0.15) is 0 Å². The van der Waals surface area contributed by atoms with Crippen LogP contribution in [0.4, 0.5) is 0 Å². The van der Waals surface area contributed by atoms with E-state index in [4.69, 9.17) is 4.74 Å². The average Bonchev–Trinajstić information content (AvgIpc) is 3.18. The molecule has 5 heteroatoms. The summed E-state index contributed by atoms with van der Waals surface area (Å²) in [6, 6.07) is 2.67. The summed E-state index contributed by atoms with van der Waals surface area (Å²) in [5.41, 5.74) is 1.43. The van der Waals surface area contributed by atoms with E-state index in [0.717, 1.165) is 50.7 Å². The van der Waals surface area contributed by atoms with Crippen LogP contribution in [0.3, 0.4) is 0 Å². The van der Waals surface area contributed by atoms with Gasteiger partial charge in [-0.25, -0.2) is 0 Å². The van der Waals surface area contributed by atoms with Gasteiger partial charge in [0, 0.05) is 37.1 Å². The minimum atomic E-state index is 0.256. The highest BCUT2D eigenvalue weighted by molar-refractivity contribution is 7.14. The third-order valence-corrected chi connectivity index (χ3v) is 6.81. The van der Waals surface area contributed by atoms with Gasteiger partial charge in [-0.05, 0) is 43.2 Å². The maximum absolute atomic E-state index is 12.9. The van der Waals surface area contributed by atoms with Gasteiger partial charge in [-0.15, -0.1) is 11.3 Å². The van der Waals surface area contributed by atoms with Gasteiger partial charge in [0.25, 0.3) is 5.91 Å². The molecule has 1 aromatic rings. The van der Waals surface area contributed by atoms with Crippen molar-refractivity contribution >= 4 is 17.2 Å². The van der Waals surface area contributed by atoms with Gasteiger partial charge in [-0.1, -0.05) is 6.92 Å². The number of rotatable bonds is 2. The molecule has 2 saturated heterocycles. The molecule has 2 atom stereocenters. The number of thiophene rings is 1. The lowest BCUT2D eigenvalue weighted by atomic mass is 9.99. The average molecular weight is 334 g/mol. The molecule has 4 nitrogen and oxygen atoms in total. The summed E-state index contributed by atoms with van der Waals surface area (Å²) < 4.78 is 5.46. The summed E-state index contributed by atoms with van der Waals surface area (Å²) in [6.45, 7) is 7.72. The lowest BCUT2D eigenvalue weighted by Gasteiger charge is -2.33. The molecule has 0 spiro atoms. The number of likely N-dealkylation sites (tertiary alicyclic amines) is 1. The number of hydrogen-bond donors (Lipinski definition) is 0. The van der Waals surface area contributed by atoms with Crippen molar-refractivity contribution in [3.63, 3.8) is 0 Å². The quantitative estimate of drug-likeness (QED) is 0.833. The monoisotopic (exact) mass is 334 g/mol. The fraction of sp³-hybridized carbons (Fsp3) is 0.722. The van der Waals surface area contributed by atoms with Crippen LogP contribution < -0.4 is 0 Å². The van der Waals surface area contributed by atoms with Crippen molar-refractivity contribution in [2.75, 3.05) is 39.4 Å². The number of nitrogens with zero attached hydrogens (tertiary/aromatic N) is 2. The zero-order chi connectivity index (χ0) is 15.8. The van der Waals surface area contributed by atoms with E-state index in [-0.39, 0.29) is 5.91 Å². The molecule has 0 aromatic carbocycles. The van der Waals surface area contributed by atoms with Crippen LogP contribution in [0, 0.1) is 5.92 Å². The molecule has 1 aromatic heterocycles. The topological polar surface area (TPSA) is 32.8 Å². The Bertz CT molecular complexity index is 556. The summed E-state index contributed by atoms with van der Waals surface area (Å²) in [5, 5.41) is 0. The molecule has 3 aliphatic rings. The Balaban J connectivity index is 1.45. The summed E-state index contributed by atoms with van der Waals surface area (Å²) >= 11 is 1.74. The van der Waals surface area contributed by atoms with E-state index in [1.165, 1.54) is 29.7 Å². The highest BCUT2D eigenvalue weighted by atomic mass is 32.1. The zero-order valence-corrected chi connectivity index (χ0v) is 14.7. The summed E-state index contributed by atoms with van der Waals surface area (Å²) in [5.74, 6) is 0.804. The minimum Gasteiger partial charge on any atom is -0.379 e. The molecule has 2 fully saturated rings. The highest BCUT2D eigenvalue weighted by Crippen LogP contribution is 2.32. The van der Waals surface area contributed by atoms with Crippen LogP contribution >= 0.6 is 11.3 Å². The van der Waals surface area contributed by atoms with E-state index in [1.54, 1.807) is 11.3 Å². The first kappa shape index (κ1) is 15.6. The molecule has 0 N–H and O–H groups in total. The Hall–Kier alpha value is -0.910. The van der Waals surface area contributed by atoms with E-state index < -0.39 is 0 Å². The lowest BCUT2D eigenvalue weighted by Crippen LogP contribution is -2.47. The number of morpholine rings is 1. The maximum Gasteiger partial charge on any atom is 0.264 e. The molecule has 0 bridgehead atoms. The van der Waals surface area contributed by atoms with Gasteiger partial charge in [0.05, 0.1) is 18.1 Å². The van der Waals surface area contributed by atoms with E-state index >= 15 is 0 Å². The van der Waals surface area contributed by atoms with Crippen molar-refractivity contribution in [3.05, 3.63) is 21.4 Å². The first-order valence-electron chi connectivity index (χ1n) is 8.95. The number of carbonyl (C=O) groups is 1. The lowest BCUT2D eigenvalue weighted by molar-refractivity contribution is 0.0119. The molecule has 1 aliphatic carbocycles. The van der Waals surface area contributed by atoms with E-state index in [1.807, 2.05) is 0 Å². The Labute approximate surface area is 142 Å². The van der Waals surface area contributed by atoms with Crippen molar-refractivity contribution in [3.8, 4) is 0 Å². The van der Waals surface area contributed by atoms with Crippen molar-refractivity contribution in [1.82, 2.24) is 9.80 Å². The Morgan fingerprint density at radius 1 is 1.22 bits per heavy atom. The Morgan fingerprint density at radius 2 is 2.00 bits per heavy atom. The summed E-state index contributed by atoms with van der Waals surface area (Å²) in [7, 11) is 0. The number of ether oxygens (including phenoxy) is 1. The number of amides is 1. The number of aryl methyl sites for hydroxylation is 2. The van der Waals surface area contributed by atoms with Crippen LogP contribution in [0.2, 0.25) is 0 Å². The molecular weight excluding hydrogens is 308 g/mol. The molecule has 2 unspecified atom stereocenters. The molecule has 23 heavy (non-hydrogen) atoms. The second-order valence-electron chi connectivity index (χ2n) is 7.17. The molecule has 4 rings (SSSR count). The van der Waals surface area contributed by atoms with E-state index in [2.05, 4.69) is 22.8 Å². The molecule has 0 saturated carbocycles. The second kappa shape index (κ2) is 6.54. The molecule has 126 valence electrons. The normalized spacial score (nSPS) is 28.8.